The monoisotopic (exact) mass is 243 g/mol. The van der Waals surface area contributed by atoms with E-state index in [1.54, 1.807) is 12.5 Å². The van der Waals surface area contributed by atoms with Crippen LogP contribution in [0, 0.1) is 0 Å². The van der Waals surface area contributed by atoms with Gasteiger partial charge in [0.05, 0.1) is 4.47 Å². The number of nitrogens with zero attached hydrogens (tertiary/aromatic N) is 2. The Morgan fingerprint density at radius 1 is 1.54 bits per heavy atom. The zero-order valence-corrected chi connectivity index (χ0v) is 9.72. The Balaban J connectivity index is 2.80. The molecule has 1 N–H and O–H groups in total. The molecular formula is C9H14BrN3. The van der Waals surface area contributed by atoms with Gasteiger partial charge < -0.3 is 5.32 Å². The Hall–Kier alpha value is -0.640. The van der Waals surface area contributed by atoms with Crippen molar-refractivity contribution in [2.45, 2.75) is 32.7 Å². The predicted octanol–water partition coefficient (Wildman–Crippen LogP) is 2.84. The van der Waals surface area contributed by atoms with Gasteiger partial charge in [-0.2, -0.15) is 0 Å². The molecule has 0 saturated carbocycles. The summed E-state index contributed by atoms with van der Waals surface area (Å²) in [4.78, 5) is 8.05. The second kappa shape index (κ2) is 4.05. The van der Waals surface area contributed by atoms with Gasteiger partial charge in [-0.15, -0.1) is 0 Å². The van der Waals surface area contributed by atoms with E-state index in [0.29, 0.717) is 0 Å². The smallest absolute Gasteiger partial charge is 0.144 e. The molecule has 0 atom stereocenters. The van der Waals surface area contributed by atoms with Crippen LogP contribution in [0.5, 0.6) is 0 Å². The number of nitrogens with one attached hydrogen (secondary N) is 1. The summed E-state index contributed by atoms with van der Waals surface area (Å²) in [6.07, 6.45) is 4.32. The van der Waals surface area contributed by atoms with E-state index < -0.39 is 0 Å². The van der Waals surface area contributed by atoms with Gasteiger partial charge >= 0.3 is 0 Å². The van der Waals surface area contributed by atoms with Crippen molar-refractivity contribution < 1.29 is 0 Å². The molecule has 1 aromatic heterocycles. The second-order valence-corrected chi connectivity index (χ2v) is 4.44. The average molecular weight is 244 g/mol. The molecule has 0 saturated heterocycles. The molecule has 0 spiro atoms. The van der Waals surface area contributed by atoms with Crippen LogP contribution in [0.25, 0.3) is 0 Å². The van der Waals surface area contributed by atoms with Crippen molar-refractivity contribution in [1.29, 1.82) is 0 Å². The predicted molar refractivity (Wildman–Crippen MR) is 57.7 cm³/mol. The fourth-order valence-corrected chi connectivity index (χ4v) is 1.13. The number of hydrogen-bond acceptors (Lipinski definition) is 3. The fraction of sp³-hybridized carbons (Fsp3) is 0.556. The summed E-state index contributed by atoms with van der Waals surface area (Å²) in [5, 5.41) is 3.34. The molecule has 1 heterocycles. The minimum atomic E-state index is 0.0663. The number of hydrogen-bond donors (Lipinski definition) is 1. The SMILES string of the molecule is CCC(C)(C)Nc1ncncc1Br. The van der Waals surface area contributed by atoms with Crippen LogP contribution in [0.1, 0.15) is 27.2 Å². The molecular weight excluding hydrogens is 230 g/mol. The lowest BCUT2D eigenvalue weighted by Gasteiger charge is -2.25. The Morgan fingerprint density at radius 3 is 2.77 bits per heavy atom. The lowest BCUT2D eigenvalue weighted by atomic mass is 10.0. The molecule has 4 heteroatoms. The third-order valence-corrected chi connectivity index (χ3v) is 2.59. The molecule has 0 amide bonds. The van der Waals surface area contributed by atoms with Gasteiger partial charge in [0.2, 0.25) is 0 Å². The Bertz CT molecular complexity index is 286. The zero-order valence-electron chi connectivity index (χ0n) is 8.13. The van der Waals surface area contributed by atoms with E-state index in [-0.39, 0.29) is 5.54 Å². The van der Waals surface area contributed by atoms with Crippen molar-refractivity contribution >= 4 is 21.7 Å². The van der Waals surface area contributed by atoms with Crippen LogP contribution in [-0.2, 0) is 0 Å². The number of rotatable bonds is 3. The molecule has 3 nitrogen and oxygen atoms in total. The number of anilines is 1. The van der Waals surface area contributed by atoms with Gasteiger partial charge in [0, 0.05) is 11.7 Å². The van der Waals surface area contributed by atoms with Crippen LogP contribution in [0.3, 0.4) is 0 Å². The molecule has 0 unspecified atom stereocenters. The van der Waals surface area contributed by atoms with Crippen LogP contribution in [-0.4, -0.2) is 15.5 Å². The first-order chi connectivity index (χ1) is 6.05. The third-order valence-electron chi connectivity index (χ3n) is 2.01. The van der Waals surface area contributed by atoms with Crippen LogP contribution in [0.15, 0.2) is 17.0 Å². The van der Waals surface area contributed by atoms with Crippen LogP contribution >= 0.6 is 15.9 Å². The van der Waals surface area contributed by atoms with E-state index in [2.05, 4.69) is 52.0 Å². The second-order valence-electron chi connectivity index (χ2n) is 3.58. The van der Waals surface area contributed by atoms with Gasteiger partial charge in [0.15, 0.2) is 0 Å². The minimum Gasteiger partial charge on any atom is -0.364 e. The molecule has 0 aliphatic carbocycles. The average Bonchev–Trinajstić information content (AvgIpc) is 2.09. The molecule has 13 heavy (non-hydrogen) atoms. The topological polar surface area (TPSA) is 37.8 Å². The van der Waals surface area contributed by atoms with E-state index in [0.717, 1.165) is 16.7 Å². The number of halogens is 1. The summed E-state index contributed by atoms with van der Waals surface area (Å²) in [7, 11) is 0. The standard InChI is InChI=1S/C9H14BrN3/c1-4-9(2,3)13-8-7(10)5-11-6-12-8/h5-6H,4H2,1-3H3,(H,11,12,13). The number of aromatic nitrogens is 2. The van der Waals surface area contributed by atoms with E-state index in [4.69, 9.17) is 0 Å². The Kier molecular flexibility index (Phi) is 3.25. The molecule has 0 aromatic carbocycles. The quantitative estimate of drug-likeness (QED) is 0.888. The molecule has 0 bridgehead atoms. The summed E-state index contributed by atoms with van der Waals surface area (Å²) in [5.41, 5.74) is 0.0663. The first-order valence-electron chi connectivity index (χ1n) is 4.29. The van der Waals surface area contributed by atoms with Crippen molar-refractivity contribution in [2.75, 3.05) is 5.32 Å². The zero-order chi connectivity index (χ0) is 9.90. The maximum atomic E-state index is 4.14. The van der Waals surface area contributed by atoms with Crippen LogP contribution in [0.4, 0.5) is 5.82 Å². The van der Waals surface area contributed by atoms with Crippen LogP contribution < -0.4 is 5.32 Å². The van der Waals surface area contributed by atoms with Crippen molar-refractivity contribution in [3.05, 3.63) is 17.0 Å². The molecule has 1 aromatic rings. The van der Waals surface area contributed by atoms with Crippen molar-refractivity contribution in [1.82, 2.24) is 9.97 Å². The molecule has 1 rings (SSSR count). The lowest BCUT2D eigenvalue weighted by Crippen LogP contribution is -2.30. The fourth-order valence-electron chi connectivity index (χ4n) is 0.814. The lowest BCUT2D eigenvalue weighted by molar-refractivity contribution is 0.544. The summed E-state index contributed by atoms with van der Waals surface area (Å²) >= 11 is 3.39. The highest BCUT2D eigenvalue weighted by Gasteiger charge is 2.15. The molecule has 0 radical (unpaired) electrons. The maximum absolute atomic E-state index is 4.14. The third kappa shape index (κ3) is 2.95. The first-order valence-corrected chi connectivity index (χ1v) is 5.08. The van der Waals surface area contributed by atoms with Gasteiger partial charge in [-0.1, -0.05) is 6.92 Å². The highest BCUT2D eigenvalue weighted by molar-refractivity contribution is 9.10. The minimum absolute atomic E-state index is 0.0663. The molecule has 72 valence electrons. The largest absolute Gasteiger partial charge is 0.364 e. The van der Waals surface area contributed by atoms with Gasteiger partial charge in [-0.05, 0) is 36.2 Å². The summed E-state index contributed by atoms with van der Waals surface area (Å²) in [6, 6.07) is 0. The van der Waals surface area contributed by atoms with Crippen LogP contribution in [0.2, 0.25) is 0 Å². The molecule has 0 aliphatic heterocycles. The highest BCUT2D eigenvalue weighted by Crippen LogP contribution is 2.22. The van der Waals surface area contributed by atoms with Gasteiger partial charge in [-0.25, -0.2) is 9.97 Å². The summed E-state index contributed by atoms with van der Waals surface area (Å²) in [5.74, 6) is 0.849. The molecule has 0 aliphatic rings. The van der Waals surface area contributed by atoms with Gasteiger partial charge in [-0.3, -0.25) is 0 Å². The van der Waals surface area contributed by atoms with Crippen molar-refractivity contribution in [3.63, 3.8) is 0 Å². The van der Waals surface area contributed by atoms with E-state index in [9.17, 15) is 0 Å². The van der Waals surface area contributed by atoms with Crippen molar-refractivity contribution in [2.24, 2.45) is 0 Å². The normalized spacial score (nSPS) is 11.4. The van der Waals surface area contributed by atoms with Gasteiger partial charge in [0.1, 0.15) is 12.1 Å². The van der Waals surface area contributed by atoms with E-state index in [1.807, 2.05) is 0 Å². The Morgan fingerprint density at radius 2 is 2.23 bits per heavy atom. The highest BCUT2D eigenvalue weighted by atomic mass is 79.9. The molecule has 0 fully saturated rings. The first kappa shape index (κ1) is 10.4. The summed E-state index contributed by atoms with van der Waals surface area (Å²) in [6.45, 7) is 6.42. The Labute approximate surface area is 87.1 Å². The van der Waals surface area contributed by atoms with E-state index in [1.165, 1.54) is 0 Å². The van der Waals surface area contributed by atoms with Crippen molar-refractivity contribution in [3.8, 4) is 0 Å². The maximum Gasteiger partial charge on any atom is 0.144 e. The summed E-state index contributed by atoms with van der Waals surface area (Å²) < 4.78 is 0.900. The van der Waals surface area contributed by atoms with E-state index >= 15 is 0 Å². The van der Waals surface area contributed by atoms with Gasteiger partial charge in [0.25, 0.3) is 0 Å².